The Labute approximate surface area is 127 Å². The van der Waals surface area contributed by atoms with Gasteiger partial charge in [-0.2, -0.15) is 0 Å². The Hall–Kier alpha value is -2.51. The van der Waals surface area contributed by atoms with E-state index in [9.17, 15) is 9.90 Å². The van der Waals surface area contributed by atoms with Crippen LogP contribution in [0.25, 0.3) is 12.2 Å². The summed E-state index contributed by atoms with van der Waals surface area (Å²) < 4.78 is 1.26. The molecule has 0 fully saturated rings. The summed E-state index contributed by atoms with van der Waals surface area (Å²) in [7, 11) is 0. The van der Waals surface area contributed by atoms with Crippen molar-refractivity contribution in [3.05, 3.63) is 46.8 Å². The fraction of sp³-hybridized carbons (Fsp3) is 0.267. The monoisotopic (exact) mass is 303 g/mol. The van der Waals surface area contributed by atoms with Gasteiger partial charge in [-0.25, -0.2) is 9.48 Å². The molecule has 0 saturated heterocycles. The van der Waals surface area contributed by atoms with Crippen LogP contribution in [-0.4, -0.2) is 49.0 Å². The summed E-state index contributed by atoms with van der Waals surface area (Å²) in [5, 5.41) is 34.8. The molecule has 0 saturated carbocycles. The van der Waals surface area contributed by atoms with Crippen LogP contribution in [0.4, 0.5) is 0 Å². The number of aliphatic hydroxyl groups is 2. The van der Waals surface area contributed by atoms with Crippen molar-refractivity contribution in [3.8, 4) is 0 Å². The number of carboxylic acids is 1. The average molecular weight is 303 g/mol. The fourth-order valence-electron chi connectivity index (χ4n) is 1.88. The van der Waals surface area contributed by atoms with Gasteiger partial charge in [-0.3, -0.25) is 0 Å². The number of hydrogen-bond acceptors (Lipinski definition) is 5. The molecule has 1 heterocycles. The van der Waals surface area contributed by atoms with Crippen molar-refractivity contribution in [1.29, 1.82) is 0 Å². The van der Waals surface area contributed by atoms with Gasteiger partial charge in [0.25, 0.3) is 0 Å². The molecule has 22 heavy (non-hydrogen) atoms. The molecule has 1 aromatic heterocycles. The standard InChI is InChI=1S/C15H17N3O4/c1-10-2-4-11(5-3-10)6-7-13-14(15(21)22)16-17-18(13)8-12(20)9-19/h2-7,12,19-20H,8-9H2,1H3,(H,21,22)/b7-6+. The largest absolute Gasteiger partial charge is 0.476 e. The lowest BCUT2D eigenvalue weighted by atomic mass is 10.1. The smallest absolute Gasteiger partial charge is 0.358 e. The summed E-state index contributed by atoms with van der Waals surface area (Å²) in [6.45, 7) is 1.50. The number of carboxylic acid groups (broad SMARTS) is 1. The first-order valence-electron chi connectivity index (χ1n) is 6.71. The first-order valence-corrected chi connectivity index (χ1v) is 6.71. The van der Waals surface area contributed by atoms with Crippen LogP contribution in [-0.2, 0) is 6.54 Å². The molecule has 1 aromatic carbocycles. The van der Waals surface area contributed by atoms with Gasteiger partial charge in [0.2, 0.25) is 0 Å². The van der Waals surface area contributed by atoms with Gasteiger partial charge in [-0.1, -0.05) is 41.1 Å². The van der Waals surface area contributed by atoms with Gasteiger partial charge in [0.05, 0.1) is 24.9 Å². The van der Waals surface area contributed by atoms with Crippen molar-refractivity contribution in [1.82, 2.24) is 15.0 Å². The molecule has 7 heteroatoms. The zero-order valence-corrected chi connectivity index (χ0v) is 12.0. The highest BCUT2D eigenvalue weighted by molar-refractivity contribution is 5.90. The second-order valence-electron chi connectivity index (χ2n) is 4.89. The molecule has 2 rings (SSSR count). The van der Waals surface area contributed by atoms with Crippen LogP contribution in [0.5, 0.6) is 0 Å². The zero-order chi connectivity index (χ0) is 16.1. The number of aromatic nitrogens is 3. The van der Waals surface area contributed by atoms with E-state index in [0.717, 1.165) is 11.1 Å². The van der Waals surface area contributed by atoms with E-state index in [2.05, 4.69) is 10.3 Å². The molecule has 7 nitrogen and oxygen atoms in total. The lowest BCUT2D eigenvalue weighted by Gasteiger charge is -2.08. The minimum atomic E-state index is -1.20. The van der Waals surface area contributed by atoms with Gasteiger partial charge in [-0.15, -0.1) is 5.10 Å². The van der Waals surface area contributed by atoms with Crippen molar-refractivity contribution in [3.63, 3.8) is 0 Å². The molecular weight excluding hydrogens is 286 g/mol. The van der Waals surface area contributed by atoms with E-state index < -0.39 is 18.7 Å². The molecule has 1 atom stereocenters. The van der Waals surface area contributed by atoms with E-state index in [0.29, 0.717) is 0 Å². The Morgan fingerprint density at radius 2 is 2.00 bits per heavy atom. The Kier molecular flexibility index (Phi) is 5.03. The highest BCUT2D eigenvalue weighted by atomic mass is 16.4. The van der Waals surface area contributed by atoms with Crippen molar-refractivity contribution < 1.29 is 20.1 Å². The topological polar surface area (TPSA) is 108 Å². The number of aliphatic hydroxyl groups excluding tert-OH is 2. The van der Waals surface area contributed by atoms with Gasteiger partial charge in [0, 0.05) is 0 Å². The van der Waals surface area contributed by atoms with Crippen LogP contribution in [0.3, 0.4) is 0 Å². The van der Waals surface area contributed by atoms with Crippen LogP contribution >= 0.6 is 0 Å². The highest BCUT2D eigenvalue weighted by Crippen LogP contribution is 2.13. The highest BCUT2D eigenvalue weighted by Gasteiger charge is 2.18. The van der Waals surface area contributed by atoms with Crippen LogP contribution in [0.2, 0.25) is 0 Å². The van der Waals surface area contributed by atoms with E-state index in [-0.39, 0.29) is 17.9 Å². The molecule has 0 aliphatic carbocycles. The van der Waals surface area contributed by atoms with Crippen LogP contribution in [0, 0.1) is 6.92 Å². The van der Waals surface area contributed by atoms with Gasteiger partial charge < -0.3 is 15.3 Å². The Morgan fingerprint density at radius 1 is 1.32 bits per heavy atom. The second kappa shape index (κ2) is 6.97. The Morgan fingerprint density at radius 3 is 2.59 bits per heavy atom. The lowest BCUT2D eigenvalue weighted by Crippen LogP contribution is -2.21. The fourth-order valence-corrected chi connectivity index (χ4v) is 1.88. The summed E-state index contributed by atoms with van der Waals surface area (Å²) in [4.78, 5) is 11.2. The summed E-state index contributed by atoms with van der Waals surface area (Å²) in [5.74, 6) is -1.20. The zero-order valence-electron chi connectivity index (χ0n) is 12.0. The molecule has 2 aromatic rings. The van der Waals surface area contributed by atoms with Crippen LogP contribution in [0.1, 0.15) is 27.3 Å². The van der Waals surface area contributed by atoms with Crippen LogP contribution in [0.15, 0.2) is 24.3 Å². The number of carbonyl (C=O) groups is 1. The first kappa shape index (κ1) is 15.9. The molecule has 1 unspecified atom stereocenters. The van der Waals surface area contributed by atoms with Gasteiger partial charge in [0.1, 0.15) is 0 Å². The number of aromatic carboxylic acids is 1. The molecule has 0 spiro atoms. The second-order valence-corrected chi connectivity index (χ2v) is 4.89. The summed E-state index contributed by atoms with van der Waals surface area (Å²) >= 11 is 0. The molecule has 0 amide bonds. The van der Waals surface area contributed by atoms with Gasteiger partial charge in [-0.05, 0) is 18.6 Å². The maximum absolute atomic E-state index is 11.2. The van der Waals surface area contributed by atoms with Crippen molar-refractivity contribution in [2.24, 2.45) is 0 Å². The third kappa shape index (κ3) is 3.78. The SMILES string of the molecule is Cc1ccc(/C=C/c2c(C(=O)O)nnn2CC(O)CO)cc1. The van der Waals surface area contributed by atoms with Crippen LogP contribution < -0.4 is 0 Å². The predicted molar refractivity (Wildman–Crippen MR) is 80.2 cm³/mol. The van der Waals surface area contributed by atoms with Crippen molar-refractivity contribution in [2.75, 3.05) is 6.61 Å². The van der Waals surface area contributed by atoms with E-state index >= 15 is 0 Å². The molecule has 0 aliphatic rings. The summed E-state index contributed by atoms with van der Waals surface area (Å²) in [6.07, 6.45) is 2.29. The normalized spacial score (nSPS) is 12.7. The summed E-state index contributed by atoms with van der Waals surface area (Å²) in [6, 6.07) is 7.71. The lowest BCUT2D eigenvalue weighted by molar-refractivity contribution is 0.0689. The first-order chi connectivity index (χ1) is 10.5. The van der Waals surface area contributed by atoms with Crippen molar-refractivity contribution >= 4 is 18.1 Å². The Balaban J connectivity index is 2.32. The number of nitrogens with zero attached hydrogens (tertiary/aromatic N) is 3. The van der Waals surface area contributed by atoms with E-state index in [4.69, 9.17) is 10.2 Å². The number of rotatable bonds is 6. The quantitative estimate of drug-likeness (QED) is 0.728. The third-order valence-electron chi connectivity index (χ3n) is 3.08. The van der Waals surface area contributed by atoms with E-state index in [1.165, 1.54) is 4.68 Å². The van der Waals surface area contributed by atoms with E-state index in [1.807, 2.05) is 31.2 Å². The molecule has 0 aliphatic heterocycles. The maximum atomic E-state index is 11.2. The summed E-state index contributed by atoms with van der Waals surface area (Å²) in [5.41, 5.74) is 2.09. The maximum Gasteiger partial charge on any atom is 0.358 e. The van der Waals surface area contributed by atoms with Gasteiger partial charge in [0.15, 0.2) is 5.69 Å². The average Bonchev–Trinajstić information content (AvgIpc) is 2.89. The van der Waals surface area contributed by atoms with Crippen molar-refractivity contribution in [2.45, 2.75) is 19.6 Å². The minimum absolute atomic E-state index is 0.0374. The number of aryl methyl sites for hydroxylation is 1. The Bertz CT molecular complexity index is 677. The van der Waals surface area contributed by atoms with Gasteiger partial charge >= 0.3 is 5.97 Å². The number of hydrogen-bond donors (Lipinski definition) is 3. The number of benzene rings is 1. The molecule has 3 N–H and O–H groups in total. The molecule has 0 radical (unpaired) electrons. The van der Waals surface area contributed by atoms with E-state index in [1.54, 1.807) is 12.2 Å². The third-order valence-corrected chi connectivity index (χ3v) is 3.08. The minimum Gasteiger partial charge on any atom is -0.476 e. The predicted octanol–water partition coefficient (Wildman–Crippen LogP) is 0.808. The molecular formula is C15H17N3O4. The molecule has 0 bridgehead atoms. The molecule has 116 valence electrons.